The van der Waals surface area contributed by atoms with Crippen LogP contribution in [0, 0.1) is 11.6 Å². The Balaban J connectivity index is 2.06. The van der Waals surface area contributed by atoms with Crippen LogP contribution in [0.25, 0.3) is 10.9 Å². The summed E-state index contributed by atoms with van der Waals surface area (Å²) in [5, 5.41) is 9.26. The standard InChI is InChI=1S/C19H16F2N2O5/c1-2-27-17(24)8-12-11-5-6-22-16(11)9-15(21)18(12)28-10-3-4-14(20)13(7-10)19(25)23-26/h3-7,9,22,26H,2,8H2,1H3,(H,23,25). The van der Waals surface area contributed by atoms with Gasteiger partial charge in [-0.05, 0) is 31.2 Å². The van der Waals surface area contributed by atoms with Crippen molar-refractivity contribution < 1.29 is 33.1 Å². The van der Waals surface area contributed by atoms with E-state index in [1.165, 1.54) is 17.6 Å². The molecule has 0 saturated carbocycles. The van der Waals surface area contributed by atoms with E-state index in [4.69, 9.17) is 14.7 Å². The minimum Gasteiger partial charge on any atom is -0.466 e. The van der Waals surface area contributed by atoms with Gasteiger partial charge in [0.05, 0.1) is 18.6 Å². The molecule has 0 radical (unpaired) electrons. The molecule has 1 aromatic heterocycles. The Morgan fingerprint density at radius 2 is 1.96 bits per heavy atom. The van der Waals surface area contributed by atoms with Crippen LogP contribution in [-0.4, -0.2) is 28.7 Å². The van der Waals surface area contributed by atoms with Gasteiger partial charge in [-0.3, -0.25) is 14.8 Å². The van der Waals surface area contributed by atoms with Gasteiger partial charge in [0.15, 0.2) is 11.6 Å². The highest BCUT2D eigenvalue weighted by atomic mass is 19.1. The van der Waals surface area contributed by atoms with Crippen molar-refractivity contribution in [3.63, 3.8) is 0 Å². The second-order valence-corrected chi connectivity index (χ2v) is 5.77. The van der Waals surface area contributed by atoms with Crippen molar-refractivity contribution >= 4 is 22.8 Å². The molecule has 28 heavy (non-hydrogen) atoms. The van der Waals surface area contributed by atoms with Crippen molar-refractivity contribution in [1.82, 2.24) is 10.5 Å². The molecule has 3 aromatic rings. The Bertz CT molecular complexity index is 1050. The number of esters is 1. The van der Waals surface area contributed by atoms with Crippen LogP contribution in [0.1, 0.15) is 22.8 Å². The van der Waals surface area contributed by atoms with Crippen LogP contribution in [-0.2, 0) is 16.0 Å². The number of halogens is 2. The fraction of sp³-hybridized carbons (Fsp3) is 0.158. The third-order valence-corrected chi connectivity index (χ3v) is 4.00. The Kier molecular flexibility index (Phi) is 5.55. The van der Waals surface area contributed by atoms with Gasteiger partial charge >= 0.3 is 5.97 Å². The van der Waals surface area contributed by atoms with Gasteiger partial charge in [-0.2, -0.15) is 0 Å². The summed E-state index contributed by atoms with van der Waals surface area (Å²) in [5.74, 6) is -3.61. The number of hydroxylamine groups is 1. The number of carbonyl (C=O) groups excluding carboxylic acids is 2. The van der Waals surface area contributed by atoms with E-state index in [9.17, 15) is 18.4 Å². The molecule has 146 valence electrons. The molecule has 0 unspecified atom stereocenters. The molecular formula is C19H16F2N2O5. The zero-order valence-corrected chi connectivity index (χ0v) is 14.7. The number of benzene rings is 2. The van der Waals surface area contributed by atoms with E-state index in [1.807, 2.05) is 0 Å². The van der Waals surface area contributed by atoms with Gasteiger partial charge in [0.2, 0.25) is 0 Å². The highest BCUT2D eigenvalue weighted by Crippen LogP contribution is 2.35. The third-order valence-electron chi connectivity index (χ3n) is 4.00. The summed E-state index contributed by atoms with van der Waals surface area (Å²) in [6.07, 6.45) is 1.34. The van der Waals surface area contributed by atoms with Crippen LogP contribution in [0.15, 0.2) is 36.5 Å². The molecule has 7 nitrogen and oxygen atoms in total. The van der Waals surface area contributed by atoms with E-state index in [2.05, 4.69) is 4.98 Å². The van der Waals surface area contributed by atoms with Crippen LogP contribution in [0.4, 0.5) is 8.78 Å². The van der Waals surface area contributed by atoms with E-state index in [0.717, 1.165) is 12.1 Å². The van der Waals surface area contributed by atoms with Gasteiger partial charge in [-0.1, -0.05) is 0 Å². The highest BCUT2D eigenvalue weighted by molar-refractivity contribution is 5.94. The van der Waals surface area contributed by atoms with Crippen molar-refractivity contribution in [2.24, 2.45) is 0 Å². The SMILES string of the molecule is CCOC(=O)Cc1c(Oc2ccc(F)c(C(=O)NO)c2)c(F)cc2[nH]ccc12. The van der Waals surface area contributed by atoms with Crippen LogP contribution < -0.4 is 10.2 Å². The first-order chi connectivity index (χ1) is 13.4. The predicted molar refractivity (Wildman–Crippen MR) is 94.3 cm³/mol. The van der Waals surface area contributed by atoms with Crippen molar-refractivity contribution in [2.75, 3.05) is 6.61 Å². The molecule has 1 heterocycles. The molecular weight excluding hydrogens is 374 g/mol. The Morgan fingerprint density at radius 3 is 2.68 bits per heavy atom. The number of aromatic amines is 1. The second-order valence-electron chi connectivity index (χ2n) is 5.77. The normalized spacial score (nSPS) is 10.7. The molecule has 0 aliphatic heterocycles. The number of hydrogen-bond acceptors (Lipinski definition) is 5. The Morgan fingerprint density at radius 1 is 1.18 bits per heavy atom. The van der Waals surface area contributed by atoms with Crippen LogP contribution >= 0.6 is 0 Å². The van der Waals surface area contributed by atoms with Crippen molar-refractivity contribution in [3.8, 4) is 11.5 Å². The number of amides is 1. The molecule has 0 atom stereocenters. The summed E-state index contributed by atoms with van der Waals surface area (Å²) in [6.45, 7) is 1.82. The topological polar surface area (TPSA) is 101 Å². The zero-order chi connectivity index (χ0) is 20.3. The van der Waals surface area contributed by atoms with Crippen molar-refractivity contribution in [1.29, 1.82) is 0 Å². The lowest BCUT2D eigenvalue weighted by Gasteiger charge is -2.14. The zero-order valence-electron chi connectivity index (χ0n) is 14.7. The average molecular weight is 390 g/mol. The minimum absolute atomic E-state index is 0.0566. The van der Waals surface area contributed by atoms with E-state index in [1.54, 1.807) is 19.2 Å². The van der Waals surface area contributed by atoms with Crippen molar-refractivity contribution in [3.05, 3.63) is 59.3 Å². The molecule has 0 spiro atoms. The lowest BCUT2D eigenvalue weighted by atomic mass is 10.0. The fourth-order valence-corrected chi connectivity index (χ4v) is 2.79. The first kappa shape index (κ1) is 19.3. The Labute approximate surface area is 157 Å². The van der Waals surface area contributed by atoms with Crippen LogP contribution in [0.2, 0.25) is 0 Å². The Hall–Kier alpha value is -3.46. The second kappa shape index (κ2) is 8.05. The van der Waals surface area contributed by atoms with E-state index < -0.39 is 29.1 Å². The number of rotatable bonds is 6. The van der Waals surface area contributed by atoms with Gasteiger partial charge in [0.1, 0.15) is 11.6 Å². The summed E-state index contributed by atoms with van der Waals surface area (Å²) < 4.78 is 39.0. The maximum absolute atomic E-state index is 14.7. The number of hydrogen-bond donors (Lipinski definition) is 3. The highest BCUT2D eigenvalue weighted by Gasteiger charge is 2.21. The molecule has 9 heteroatoms. The number of H-pyrrole nitrogens is 1. The summed E-state index contributed by atoms with van der Waals surface area (Å²) in [4.78, 5) is 26.4. The molecule has 3 N–H and O–H groups in total. The monoisotopic (exact) mass is 390 g/mol. The summed E-state index contributed by atoms with van der Waals surface area (Å²) >= 11 is 0. The molecule has 0 fully saturated rings. The van der Waals surface area contributed by atoms with Gasteiger partial charge in [-0.25, -0.2) is 14.3 Å². The maximum atomic E-state index is 14.7. The van der Waals surface area contributed by atoms with Gasteiger partial charge in [0, 0.05) is 28.7 Å². The molecule has 0 bridgehead atoms. The van der Waals surface area contributed by atoms with Gasteiger partial charge < -0.3 is 14.5 Å². The smallest absolute Gasteiger partial charge is 0.310 e. The minimum atomic E-state index is -1.09. The molecule has 0 aliphatic carbocycles. The third kappa shape index (κ3) is 3.79. The summed E-state index contributed by atoms with van der Waals surface area (Å²) in [6, 6.07) is 6.00. The van der Waals surface area contributed by atoms with E-state index in [-0.39, 0.29) is 30.1 Å². The number of carbonyl (C=O) groups is 2. The molecule has 0 saturated heterocycles. The number of fused-ring (bicyclic) bond motifs is 1. The summed E-state index contributed by atoms with van der Waals surface area (Å²) in [7, 11) is 0. The summed E-state index contributed by atoms with van der Waals surface area (Å²) in [5.41, 5.74) is 1.54. The maximum Gasteiger partial charge on any atom is 0.310 e. The van der Waals surface area contributed by atoms with Crippen LogP contribution in [0.3, 0.4) is 0 Å². The van der Waals surface area contributed by atoms with Gasteiger partial charge in [-0.15, -0.1) is 0 Å². The lowest BCUT2D eigenvalue weighted by molar-refractivity contribution is -0.142. The molecule has 1 amide bonds. The fourth-order valence-electron chi connectivity index (χ4n) is 2.79. The van der Waals surface area contributed by atoms with Gasteiger partial charge in [0.25, 0.3) is 5.91 Å². The number of aromatic nitrogens is 1. The first-order valence-corrected chi connectivity index (χ1v) is 8.30. The van der Waals surface area contributed by atoms with E-state index >= 15 is 0 Å². The average Bonchev–Trinajstić information content (AvgIpc) is 3.13. The molecule has 0 aliphatic rings. The van der Waals surface area contributed by atoms with Crippen LogP contribution in [0.5, 0.6) is 11.5 Å². The quantitative estimate of drug-likeness (QED) is 0.340. The number of nitrogens with one attached hydrogen (secondary N) is 2. The van der Waals surface area contributed by atoms with E-state index in [0.29, 0.717) is 10.9 Å². The molecule has 3 rings (SSSR count). The van der Waals surface area contributed by atoms with Crippen molar-refractivity contribution in [2.45, 2.75) is 13.3 Å². The lowest BCUT2D eigenvalue weighted by Crippen LogP contribution is -2.20. The predicted octanol–water partition coefficient (Wildman–Crippen LogP) is 3.46. The first-order valence-electron chi connectivity index (χ1n) is 8.30. The largest absolute Gasteiger partial charge is 0.466 e. The number of ether oxygens (including phenoxy) is 2. The molecule has 2 aromatic carbocycles.